The number of hydrogen-bond donors (Lipinski definition) is 1. The lowest BCUT2D eigenvalue weighted by molar-refractivity contribution is 0.302. The van der Waals surface area contributed by atoms with E-state index in [2.05, 4.69) is 51.2 Å². The molecule has 2 saturated heterocycles. The Balaban J connectivity index is 1.49. The highest BCUT2D eigenvalue weighted by Crippen LogP contribution is 2.15. The summed E-state index contributed by atoms with van der Waals surface area (Å²) in [6.45, 7) is 9.57. The summed E-state index contributed by atoms with van der Waals surface area (Å²) in [6, 6.07) is 10.5. The smallest absolute Gasteiger partial charge is 0.194 e. The van der Waals surface area contributed by atoms with Gasteiger partial charge in [0, 0.05) is 58.0 Å². The van der Waals surface area contributed by atoms with Crippen molar-refractivity contribution in [3.8, 4) is 0 Å². The lowest BCUT2D eigenvalue weighted by Gasteiger charge is -2.37. The minimum absolute atomic E-state index is 0.276. The monoisotopic (exact) mass is 393 g/mol. The maximum atomic E-state index is 11.5. The molecule has 1 aromatic carbocycles. The first kappa shape index (κ1) is 19.9. The molecule has 150 valence electrons. The molecule has 8 heteroatoms. The number of hydrogen-bond acceptors (Lipinski definition) is 5. The average Bonchev–Trinajstić information content (AvgIpc) is 2.69. The number of nitrogens with one attached hydrogen (secondary N) is 1. The van der Waals surface area contributed by atoms with Crippen molar-refractivity contribution >= 4 is 21.5 Å². The Labute approximate surface area is 163 Å². The third kappa shape index (κ3) is 5.84. The van der Waals surface area contributed by atoms with Gasteiger partial charge in [0.25, 0.3) is 0 Å². The first-order valence-electron chi connectivity index (χ1n) is 9.83. The van der Waals surface area contributed by atoms with E-state index >= 15 is 0 Å². The largest absolute Gasteiger partial charge is 0.368 e. The van der Waals surface area contributed by atoms with Crippen LogP contribution in [0.3, 0.4) is 0 Å². The van der Waals surface area contributed by atoms with Crippen LogP contribution in [0.2, 0.25) is 0 Å². The predicted octanol–water partition coefficient (Wildman–Crippen LogP) is 0.505. The van der Waals surface area contributed by atoms with Gasteiger partial charge in [0.05, 0.1) is 18.1 Å². The van der Waals surface area contributed by atoms with Crippen LogP contribution in [0, 0.1) is 0 Å². The summed E-state index contributed by atoms with van der Waals surface area (Å²) in [5.74, 6) is 1.52. The lowest BCUT2D eigenvalue weighted by atomic mass is 10.2. The zero-order chi connectivity index (χ0) is 19.1. The molecule has 3 rings (SSSR count). The second-order valence-electron chi connectivity index (χ2n) is 7.04. The number of benzene rings is 1. The Hall–Kier alpha value is -1.80. The van der Waals surface area contributed by atoms with Crippen molar-refractivity contribution in [2.24, 2.45) is 4.99 Å². The predicted molar refractivity (Wildman–Crippen MR) is 111 cm³/mol. The van der Waals surface area contributed by atoms with Crippen molar-refractivity contribution in [2.45, 2.75) is 6.92 Å². The fourth-order valence-corrected chi connectivity index (χ4v) is 4.79. The highest BCUT2D eigenvalue weighted by molar-refractivity contribution is 7.91. The first-order valence-corrected chi connectivity index (χ1v) is 11.7. The Morgan fingerprint density at radius 2 is 1.70 bits per heavy atom. The van der Waals surface area contributed by atoms with E-state index in [9.17, 15) is 8.42 Å². The minimum atomic E-state index is -2.81. The molecule has 2 aliphatic heterocycles. The quantitative estimate of drug-likeness (QED) is 0.581. The van der Waals surface area contributed by atoms with Crippen LogP contribution >= 0.6 is 0 Å². The van der Waals surface area contributed by atoms with Gasteiger partial charge in [0.2, 0.25) is 0 Å². The Morgan fingerprint density at radius 1 is 1.04 bits per heavy atom. The van der Waals surface area contributed by atoms with Crippen LogP contribution in [0.4, 0.5) is 5.69 Å². The van der Waals surface area contributed by atoms with Crippen LogP contribution in [-0.2, 0) is 9.84 Å². The summed E-state index contributed by atoms with van der Waals surface area (Å²) >= 11 is 0. The Kier molecular flexibility index (Phi) is 6.95. The van der Waals surface area contributed by atoms with Crippen LogP contribution in [0.1, 0.15) is 6.92 Å². The third-order valence-corrected chi connectivity index (χ3v) is 6.76. The summed E-state index contributed by atoms with van der Waals surface area (Å²) in [4.78, 5) is 11.7. The SMILES string of the molecule is CCNC(=NCCN1CCS(=O)(=O)CC1)N1CCN(c2ccccc2)CC1. The van der Waals surface area contributed by atoms with Crippen molar-refractivity contribution in [1.82, 2.24) is 15.1 Å². The molecule has 0 radical (unpaired) electrons. The van der Waals surface area contributed by atoms with E-state index in [0.717, 1.165) is 45.2 Å². The normalized spacial score (nSPS) is 21.3. The lowest BCUT2D eigenvalue weighted by Crippen LogP contribution is -2.52. The van der Waals surface area contributed by atoms with Crippen molar-refractivity contribution < 1.29 is 8.42 Å². The molecule has 0 aromatic heterocycles. The van der Waals surface area contributed by atoms with Crippen LogP contribution in [0.15, 0.2) is 35.3 Å². The number of aliphatic imine (C=N–C) groups is 1. The molecule has 0 saturated carbocycles. The topological polar surface area (TPSA) is 68.2 Å². The van der Waals surface area contributed by atoms with Gasteiger partial charge in [-0.1, -0.05) is 18.2 Å². The van der Waals surface area contributed by atoms with Crippen LogP contribution < -0.4 is 10.2 Å². The number of nitrogens with zero attached hydrogens (tertiary/aromatic N) is 4. The van der Waals surface area contributed by atoms with E-state index in [1.54, 1.807) is 0 Å². The summed E-state index contributed by atoms with van der Waals surface area (Å²) in [5.41, 5.74) is 1.28. The van der Waals surface area contributed by atoms with Gasteiger partial charge >= 0.3 is 0 Å². The Morgan fingerprint density at radius 3 is 2.33 bits per heavy atom. The molecule has 1 N–H and O–H groups in total. The number of guanidine groups is 1. The van der Waals surface area contributed by atoms with E-state index in [1.807, 2.05) is 6.07 Å². The molecule has 0 amide bonds. The summed E-state index contributed by atoms with van der Waals surface area (Å²) in [7, 11) is -2.81. The maximum absolute atomic E-state index is 11.5. The van der Waals surface area contributed by atoms with E-state index in [-0.39, 0.29) is 11.5 Å². The standard InChI is InChI=1S/C19H31N5O2S/c1-2-20-19(21-8-9-22-14-16-27(25,26)17-15-22)24-12-10-23(11-13-24)18-6-4-3-5-7-18/h3-7H,2,8-17H2,1H3,(H,20,21). The molecule has 0 aliphatic carbocycles. The highest BCUT2D eigenvalue weighted by Gasteiger charge is 2.22. The molecule has 0 atom stereocenters. The van der Waals surface area contributed by atoms with E-state index < -0.39 is 9.84 Å². The maximum Gasteiger partial charge on any atom is 0.194 e. The van der Waals surface area contributed by atoms with Gasteiger partial charge in [0.1, 0.15) is 0 Å². The Bertz CT molecular complexity index is 701. The number of anilines is 1. The van der Waals surface area contributed by atoms with E-state index in [4.69, 9.17) is 4.99 Å². The van der Waals surface area contributed by atoms with Crippen molar-refractivity contribution in [3.05, 3.63) is 30.3 Å². The summed E-state index contributed by atoms with van der Waals surface area (Å²) in [5, 5.41) is 3.40. The highest BCUT2D eigenvalue weighted by atomic mass is 32.2. The number of rotatable bonds is 5. The fourth-order valence-electron chi connectivity index (χ4n) is 3.51. The van der Waals surface area contributed by atoms with Crippen LogP contribution in [0.5, 0.6) is 0 Å². The van der Waals surface area contributed by atoms with Gasteiger partial charge in [-0.2, -0.15) is 0 Å². The third-order valence-electron chi connectivity index (χ3n) is 5.15. The number of para-hydroxylation sites is 1. The van der Waals surface area contributed by atoms with Gasteiger partial charge < -0.3 is 15.1 Å². The molecule has 7 nitrogen and oxygen atoms in total. The van der Waals surface area contributed by atoms with E-state index in [0.29, 0.717) is 19.6 Å². The van der Waals surface area contributed by atoms with Crippen LogP contribution in [0.25, 0.3) is 0 Å². The minimum Gasteiger partial charge on any atom is -0.368 e. The van der Waals surface area contributed by atoms with Crippen molar-refractivity contribution in [3.63, 3.8) is 0 Å². The second kappa shape index (κ2) is 9.41. The van der Waals surface area contributed by atoms with Crippen LogP contribution in [-0.4, -0.2) is 94.6 Å². The summed E-state index contributed by atoms with van der Waals surface area (Å²) in [6.07, 6.45) is 0. The van der Waals surface area contributed by atoms with Gasteiger partial charge in [-0.05, 0) is 19.1 Å². The molecule has 0 spiro atoms. The van der Waals surface area contributed by atoms with Gasteiger partial charge in [0.15, 0.2) is 15.8 Å². The fraction of sp³-hybridized carbons (Fsp3) is 0.632. The summed E-state index contributed by atoms with van der Waals surface area (Å²) < 4.78 is 23.0. The van der Waals surface area contributed by atoms with E-state index in [1.165, 1.54) is 5.69 Å². The zero-order valence-electron chi connectivity index (χ0n) is 16.2. The van der Waals surface area contributed by atoms with Crippen molar-refractivity contribution in [2.75, 3.05) is 75.3 Å². The number of sulfone groups is 1. The molecule has 0 bridgehead atoms. The van der Waals surface area contributed by atoms with Gasteiger partial charge in [-0.3, -0.25) is 9.89 Å². The average molecular weight is 394 g/mol. The number of piperazine rings is 1. The molecular weight excluding hydrogens is 362 g/mol. The molecule has 2 aliphatic rings. The van der Waals surface area contributed by atoms with Gasteiger partial charge in [-0.25, -0.2) is 8.42 Å². The molecular formula is C19H31N5O2S. The molecule has 2 fully saturated rings. The molecule has 27 heavy (non-hydrogen) atoms. The first-order chi connectivity index (χ1) is 13.1. The zero-order valence-corrected chi connectivity index (χ0v) is 17.0. The molecule has 0 unspecified atom stereocenters. The molecule has 1 aromatic rings. The second-order valence-corrected chi connectivity index (χ2v) is 9.34. The van der Waals surface area contributed by atoms with Crippen molar-refractivity contribution in [1.29, 1.82) is 0 Å². The van der Waals surface area contributed by atoms with Gasteiger partial charge in [-0.15, -0.1) is 0 Å². The molecule has 2 heterocycles.